The summed E-state index contributed by atoms with van der Waals surface area (Å²) in [5.41, 5.74) is 1.84. The summed E-state index contributed by atoms with van der Waals surface area (Å²) in [6.45, 7) is 2.93. The van der Waals surface area contributed by atoms with Gasteiger partial charge in [0.2, 0.25) is 11.7 Å². The summed E-state index contributed by atoms with van der Waals surface area (Å²) in [5, 5.41) is 7.04. The minimum absolute atomic E-state index is 0.572. The molecule has 0 spiro atoms. The first-order chi connectivity index (χ1) is 8.31. The van der Waals surface area contributed by atoms with Crippen molar-refractivity contribution in [2.45, 2.75) is 19.8 Å². The molecular formula is C12H16N4O. The van der Waals surface area contributed by atoms with Gasteiger partial charge in [-0.25, -0.2) is 0 Å². The van der Waals surface area contributed by atoms with E-state index < -0.39 is 0 Å². The average molecular weight is 232 g/mol. The Bertz CT molecular complexity index is 481. The number of hydrogen-bond donors (Lipinski definition) is 1. The van der Waals surface area contributed by atoms with Crippen LogP contribution in [0, 0.1) is 6.92 Å². The summed E-state index contributed by atoms with van der Waals surface area (Å²) in [7, 11) is 1.93. The quantitative estimate of drug-likeness (QED) is 0.793. The predicted octanol–water partition coefficient (Wildman–Crippen LogP) is 1.59. The van der Waals surface area contributed by atoms with E-state index in [-0.39, 0.29) is 0 Å². The second-order valence-electron chi connectivity index (χ2n) is 3.89. The summed E-state index contributed by atoms with van der Waals surface area (Å²) in [6.07, 6.45) is 3.51. The number of nitrogens with one attached hydrogen (secondary N) is 1. The summed E-state index contributed by atoms with van der Waals surface area (Å²) < 4.78 is 5.19. The molecule has 0 atom stereocenters. The van der Waals surface area contributed by atoms with Gasteiger partial charge in [0.05, 0.1) is 0 Å². The molecule has 0 aliphatic heterocycles. The van der Waals surface area contributed by atoms with Crippen LogP contribution < -0.4 is 5.32 Å². The maximum absolute atomic E-state index is 5.19. The van der Waals surface area contributed by atoms with Crippen molar-refractivity contribution in [2.75, 3.05) is 13.6 Å². The van der Waals surface area contributed by atoms with E-state index in [1.807, 2.05) is 26.1 Å². The monoisotopic (exact) mass is 232 g/mol. The van der Waals surface area contributed by atoms with Gasteiger partial charge in [0.25, 0.3) is 0 Å². The first kappa shape index (κ1) is 11.7. The van der Waals surface area contributed by atoms with Gasteiger partial charge in [-0.2, -0.15) is 4.98 Å². The molecule has 2 aromatic rings. The Labute approximate surface area is 100 Å². The van der Waals surface area contributed by atoms with Gasteiger partial charge in [0.1, 0.15) is 5.69 Å². The van der Waals surface area contributed by atoms with Gasteiger partial charge in [0, 0.05) is 12.6 Å². The fraction of sp³-hybridized carbons (Fsp3) is 0.417. The first-order valence-electron chi connectivity index (χ1n) is 5.70. The Balaban J connectivity index is 2.10. The summed E-state index contributed by atoms with van der Waals surface area (Å²) in [5.74, 6) is 1.24. The lowest BCUT2D eigenvalue weighted by molar-refractivity contribution is 0.375. The molecule has 0 saturated carbocycles. The third-order valence-electron chi connectivity index (χ3n) is 2.51. The van der Waals surface area contributed by atoms with Crippen LogP contribution in [-0.4, -0.2) is 28.7 Å². The van der Waals surface area contributed by atoms with E-state index in [4.69, 9.17) is 4.52 Å². The highest BCUT2D eigenvalue weighted by atomic mass is 16.5. The zero-order chi connectivity index (χ0) is 12.1. The van der Waals surface area contributed by atoms with Gasteiger partial charge < -0.3 is 9.84 Å². The molecule has 0 aliphatic rings. The van der Waals surface area contributed by atoms with Gasteiger partial charge in [-0.3, -0.25) is 4.98 Å². The van der Waals surface area contributed by atoms with Crippen LogP contribution in [0.25, 0.3) is 11.5 Å². The molecule has 0 saturated heterocycles. The van der Waals surface area contributed by atoms with E-state index in [0.717, 1.165) is 30.6 Å². The smallest absolute Gasteiger partial charge is 0.227 e. The fourth-order valence-electron chi connectivity index (χ4n) is 1.59. The molecule has 0 radical (unpaired) electrons. The van der Waals surface area contributed by atoms with Gasteiger partial charge in [-0.15, -0.1) is 0 Å². The Morgan fingerprint density at radius 3 is 3.06 bits per heavy atom. The molecule has 17 heavy (non-hydrogen) atoms. The lowest BCUT2D eigenvalue weighted by atomic mass is 10.2. The Morgan fingerprint density at radius 1 is 1.41 bits per heavy atom. The topological polar surface area (TPSA) is 63.8 Å². The van der Waals surface area contributed by atoms with E-state index in [1.54, 1.807) is 6.20 Å². The molecule has 0 unspecified atom stereocenters. The third-order valence-corrected chi connectivity index (χ3v) is 2.51. The van der Waals surface area contributed by atoms with Gasteiger partial charge >= 0.3 is 0 Å². The predicted molar refractivity (Wildman–Crippen MR) is 64.5 cm³/mol. The van der Waals surface area contributed by atoms with Crippen molar-refractivity contribution in [1.82, 2.24) is 20.4 Å². The number of nitrogens with zero attached hydrogens (tertiary/aromatic N) is 3. The Hall–Kier alpha value is -1.75. The molecule has 0 aromatic carbocycles. The Morgan fingerprint density at radius 2 is 2.29 bits per heavy atom. The molecule has 90 valence electrons. The van der Waals surface area contributed by atoms with Gasteiger partial charge in [-0.1, -0.05) is 11.2 Å². The van der Waals surface area contributed by atoms with Gasteiger partial charge in [-0.05, 0) is 38.6 Å². The number of rotatable bonds is 5. The second-order valence-corrected chi connectivity index (χ2v) is 3.89. The number of aromatic nitrogens is 3. The van der Waals surface area contributed by atoms with E-state index in [2.05, 4.69) is 20.4 Å². The SMILES string of the molecule is CNCCCc1nc(-c2ncccc2C)no1. The van der Waals surface area contributed by atoms with E-state index in [1.165, 1.54) is 0 Å². The summed E-state index contributed by atoms with van der Waals surface area (Å²) in [6, 6.07) is 3.88. The van der Waals surface area contributed by atoms with E-state index in [0.29, 0.717) is 11.7 Å². The van der Waals surface area contributed by atoms with Crippen molar-refractivity contribution in [3.63, 3.8) is 0 Å². The Kier molecular flexibility index (Phi) is 3.82. The van der Waals surface area contributed by atoms with Crippen molar-refractivity contribution in [1.29, 1.82) is 0 Å². The number of pyridine rings is 1. The van der Waals surface area contributed by atoms with Crippen LogP contribution in [-0.2, 0) is 6.42 Å². The summed E-state index contributed by atoms with van der Waals surface area (Å²) in [4.78, 5) is 8.61. The van der Waals surface area contributed by atoms with Crippen molar-refractivity contribution >= 4 is 0 Å². The van der Waals surface area contributed by atoms with Crippen LogP contribution in [0.4, 0.5) is 0 Å². The second kappa shape index (κ2) is 5.54. The lowest BCUT2D eigenvalue weighted by Crippen LogP contribution is -2.08. The lowest BCUT2D eigenvalue weighted by Gasteiger charge is -1.97. The molecule has 5 nitrogen and oxygen atoms in total. The molecule has 5 heteroatoms. The van der Waals surface area contributed by atoms with E-state index in [9.17, 15) is 0 Å². The molecule has 0 fully saturated rings. The largest absolute Gasteiger partial charge is 0.339 e. The first-order valence-corrected chi connectivity index (χ1v) is 5.70. The molecule has 1 N–H and O–H groups in total. The zero-order valence-electron chi connectivity index (χ0n) is 10.1. The maximum Gasteiger partial charge on any atom is 0.227 e. The van der Waals surface area contributed by atoms with Gasteiger partial charge in [0.15, 0.2) is 0 Å². The minimum atomic E-state index is 0.572. The van der Waals surface area contributed by atoms with Crippen LogP contribution in [0.5, 0.6) is 0 Å². The van der Waals surface area contributed by atoms with Crippen LogP contribution in [0.3, 0.4) is 0 Å². The minimum Gasteiger partial charge on any atom is -0.339 e. The summed E-state index contributed by atoms with van der Waals surface area (Å²) >= 11 is 0. The van der Waals surface area contributed by atoms with Crippen LogP contribution in [0.1, 0.15) is 17.9 Å². The zero-order valence-corrected chi connectivity index (χ0v) is 10.1. The molecule has 0 aliphatic carbocycles. The highest BCUT2D eigenvalue weighted by Gasteiger charge is 2.11. The molecule has 0 amide bonds. The average Bonchev–Trinajstić information content (AvgIpc) is 2.79. The molecule has 2 aromatic heterocycles. The number of aryl methyl sites for hydroxylation is 2. The molecule has 2 heterocycles. The number of hydrogen-bond acceptors (Lipinski definition) is 5. The molecular weight excluding hydrogens is 216 g/mol. The fourth-order valence-corrected chi connectivity index (χ4v) is 1.59. The molecule has 0 bridgehead atoms. The normalized spacial score (nSPS) is 10.7. The van der Waals surface area contributed by atoms with Crippen LogP contribution >= 0.6 is 0 Å². The third kappa shape index (κ3) is 2.88. The van der Waals surface area contributed by atoms with Crippen molar-refractivity contribution in [2.24, 2.45) is 0 Å². The molecule has 2 rings (SSSR count). The van der Waals surface area contributed by atoms with E-state index >= 15 is 0 Å². The standard InChI is InChI=1S/C12H16N4O/c1-9-5-3-8-14-11(9)12-15-10(17-16-12)6-4-7-13-2/h3,5,8,13H,4,6-7H2,1-2H3. The van der Waals surface area contributed by atoms with Crippen LogP contribution in [0.15, 0.2) is 22.9 Å². The highest BCUT2D eigenvalue weighted by Crippen LogP contribution is 2.17. The van der Waals surface area contributed by atoms with Crippen molar-refractivity contribution < 1.29 is 4.52 Å². The van der Waals surface area contributed by atoms with Crippen molar-refractivity contribution in [3.05, 3.63) is 29.8 Å². The van der Waals surface area contributed by atoms with Crippen molar-refractivity contribution in [3.8, 4) is 11.5 Å². The van der Waals surface area contributed by atoms with Crippen LogP contribution in [0.2, 0.25) is 0 Å². The highest BCUT2D eigenvalue weighted by molar-refractivity contribution is 5.52. The maximum atomic E-state index is 5.19.